The van der Waals surface area contributed by atoms with Gasteiger partial charge in [-0.15, -0.1) is 0 Å². The molecule has 1 spiro atoms. The number of hydrogen-bond acceptors (Lipinski definition) is 3. The highest BCUT2D eigenvalue weighted by Gasteiger charge is 2.42. The van der Waals surface area contributed by atoms with Gasteiger partial charge >= 0.3 is 6.03 Å². The molecule has 1 aliphatic carbocycles. The van der Waals surface area contributed by atoms with Crippen molar-refractivity contribution < 1.29 is 14.6 Å². The predicted molar refractivity (Wildman–Crippen MR) is 84.7 cm³/mol. The van der Waals surface area contributed by atoms with E-state index >= 15 is 0 Å². The van der Waals surface area contributed by atoms with Gasteiger partial charge in [-0.05, 0) is 51.4 Å². The summed E-state index contributed by atoms with van der Waals surface area (Å²) in [6, 6.07) is 0.299. The molecule has 1 unspecified atom stereocenters. The van der Waals surface area contributed by atoms with Crippen LogP contribution in [-0.4, -0.2) is 54.0 Å². The quantitative estimate of drug-likeness (QED) is 0.822. The molecule has 2 amide bonds. The second kappa shape index (κ2) is 6.36. The van der Waals surface area contributed by atoms with Crippen molar-refractivity contribution in [2.24, 2.45) is 5.41 Å². The molecule has 1 saturated carbocycles. The molecule has 2 saturated heterocycles. The van der Waals surface area contributed by atoms with Crippen LogP contribution in [0.3, 0.4) is 0 Å². The lowest BCUT2D eigenvalue weighted by Gasteiger charge is -2.36. The van der Waals surface area contributed by atoms with E-state index in [1.54, 1.807) is 0 Å². The maximum Gasteiger partial charge on any atom is 0.317 e. The standard InChI is InChI=1S/C17H30N2O3/c1-2-17(21)7-4-14(5-8-17)18-15(20)19-10-9-16(12-19)6-3-11-22-13-16/h14,21H,2-13H2,1H3,(H,18,20). The maximum atomic E-state index is 12.5. The molecule has 2 heterocycles. The second-order valence-electron chi connectivity index (χ2n) is 7.63. The largest absolute Gasteiger partial charge is 0.390 e. The van der Waals surface area contributed by atoms with E-state index in [-0.39, 0.29) is 17.5 Å². The van der Waals surface area contributed by atoms with Crippen molar-refractivity contribution in [2.75, 3.05) is 26.3 Å². The van der Waals surface area contributed by atoms with E-state index in [4.69, 9.17) is 4.74 Å². The van der Waals surface area contributed by atoms with Crippen molar-refractivity contribution in [3.05, 3.63) is 0 Å². The number of carbonyl (C=O) groups excluding carboxylic acids is 1. The van der Waals surface area contributed by atoms with E-state index < -0.39 is 5.60 Å². The predicted octanol–water partition coefficient (Wildman–Crippen LogP) is 2.28. The van der Waals surface area contributed by atoms with E-state index in [9.17, 15) is 9.90 Å². The van der Waals surface area contributed by atoms with Crippen LogP contribution in [0.1, 0.15) is 58.3 Å². The molecular weight excluding hydrogens is 280 g/mol. The van der Waals surface area contributed by atoms with E-state index in [0.29, 0.717) is 0 Å². The fourth-order valence-electron chi connectivity index (χ4n) is 4.26. The molecule has 126 valence electrons. The number of hydrogen-bond donors (Lipinski definition) is 2. The molecule has 0 radical (unpaired) electrons. The number of likely N-dealkylation sites (tertiary alicyclic amines) is 1. The summed E-state index contributed by atoms with van der Waals surface area (Å²) >= 11 is 0. The summed E-state index contributed by atoms with van der Waals surface area (Å²) in [5.74, 6) is 0. The van der Waals surface area contributed by atoms with Gasteiger partial charge in [-0.25, -0.2) is 4.79 Å². The van der Waals surface area contributed by atoms with Gasteiger partial charge in [0.1, 0.15) is 0 Å². The minimum absolute atomic E-state index is 0.0781. The molecule has 22 heavy (non-hydrogen) atoms. The normalized spacial score (nSPS) is 39.2. The first kappa shape index (κ1) is 16.1. The topological polar surface area (TPSA) is 61.8 Å². The molecule has 2 aliphatic heterocycles. The van der Waals surface area contributed by atoms with Crippen molar-refractivity contribution >= 4 is 6.03 Å². The zero-order valence-electron chi connectivity index (χ0n) is 13.8. The third kappa shape index (κ3) is 3.40. The Balaban J connectivity index is 1.47. The molecule has 0 aromatic heterocycles. The monoisotopic (exact) mass is 310 g/mol. The summed E-state index contributed by atoms with van der Waals surface area (Å²) in [6.07, 6.45) is 7.55. The van der Waals surface area contributed by atoms with Gasteiger partial charge in [0.15, 0.2) is 0 Å². The van der Waals surface area contributed by atoms with E-state index in [1.807, 2.05) is 11.8 Å². The first-order chi connectivity index (χ1) is 10.5. The Kier molecular flexibility index (Phi) is 4.64. The minimum Gasteiger partial charge on any atom is -0.390 e. The number of nitrogens with one attached hydrogen (secondary N) is 1. The molecule has 3 aliphatic rings. The zero-order chi connectivity index (χ0) is 15.6. The molecule has 5 nitrogen and oxygen atoms in total. The van der Waals surface area contributed by atoms with Crippen LogP contribution in [0.25, 0.3) is 0 Å². The number of urea groups is 1. The average Bonchev–Trinajstić information content (AvgIpc) is 2.94. The molecular formula is C17H30N2O3. The maximum absolute atomic E-state index is 12.5. The first-order valence-electron chi connectivity index (χ1n) is 8.90. The Labute approximate surface area is 133 Å². The van der Waals surface area contributed by atoms with Crippen molar-refractivity contribution in [1.29, 1.82) is 0 Å². The highest BCUT2D eigenvalue weighted by molar-refractivity contribution is 5.75. The molecule has 2 N–H and O–H groups in total. The van der Waals surface area contributed by atoms with Crippen molar-refractivity contribution in [3.63, 3.8) is 0 Å². The van der Waals surface area contributed by atoms with Gasteiger partial charge in [-0.2, -0.15) is 0 Å². The van der Waals surface area contributed by atoms with Gasteiger partial charge in [0, 0.05) is 31.2 Å². The Morgan fingerprint density at radius 3 is 2.73 bits per heavy atom. The van der Waals surface area contributed by atoms with Crippen LogP contribution in [0.2, 0.25) is 0 Å². The fraction of sp³-hybridized carbons (Fsp3) is 0.941. The Morgan fingerprint density at radius 1 is 1.32 bits per heavy atom. The summed E-state index contributed by atoms with van der Waals surface area (Å²) < 4.78 is 5.63. The Bertz CT molecular complexity index is 399. The van der Waals surface area contributed by atoms with Crippen LogP contribution in [0.15, 0.2) is 0 Å². The molecule has 3 rings (SSSR count). The summed E-state index contributed by atoms with van der Waals surface area (Å²) in [7, 11) is 0. The first-order valence-corrected chi connectivity index (χ1v) is 8.90. The van der Waals surface area contributed by atoms with Crippen LogP contribution < -0.4 is 5.32 Å². The molecule has 1 atom stereocenters. The zero-order valence-corrected chi connectivity index (χ0v) is 13.8. The molecule has 0 bridgehead atoms. The lowest BCUT2D eigenvalue weighted by Crippen LogP contribution is -2.48. The van der Waals surface area contributed by atoms with Gasteiger partial charge in [0.25, 0.3) is 0 Å². The van der Waals surface area contributed by atoms with Crippen LogP contribution >= 0.6 is 0 Å². The van der Waals surface area contributed by atoms with Crippen LogP contribution in [0.4, 0.5) is 4.79 Å². The number of amides is 2. The molecule has 0 aromatic carbocycles. The van der Waals surface area contributed by atoms with Crippen molar-refractivity contribution in [3.8, 4) is 0 Å². The Hall–Kier alpha value is -0.810. The summed E-state index contributed by atoms with van der Waals surface area (Å²) in [5.41, 5.74) is -0.289. The van der Waals surface area contributed by atoms with Gasteiger partial charge in [0.05, 0.1) is 12.2 Å². The second-order valence-corrected chi connectivity index (χ2v) is 7.63. The third-order valence-electron chi connectivity index (χ3n) is 6.03. The number of carbonyl (C=O) groups is 1. The lowest BCUT2D eigenvalue weighted by molar-refractivity contribution is -0.00698. The van der Waals surface area contributed by atoms with Crippen molar-refractivity contribution in [1.82, 2.24) is 10.2 Å². The minimum atomic E-state index is -0.502. The van der Waals surface area contributed by atoms with Crippen molar-refractivity contribution in [2.45, 2.75) is 69.9 Å². The van der Waals surface area contributed by atoms with Crippen LogP contribution in [0, 0.1) is 5.41 Å². The fourth-order valence-corrected chi connectivity index (χ4v) is 4.26. The van der Waals surface area contributed by atoms with Gasteiger partial charge in [-0.3, -0.25) is 0 Å². The number of nitrogens with zero attached hydrogens (tertiary/aromatic N) is 1. The molecule has 0 aromatic rings. The van der Waals surface area contributed by atoms with E-state index in [0.717, 1.165) is 71.2 Å². The van der Waals surface area contributed by atoms with E-state index in [1.165, 1.54) is 6.42 Å². The van der Waals surface area contributed by atoms with Gasteiger partial charge in [-0.1, -0.05) is 6.92 Å². The third-order valence-corrected chi connectivity index (χ3v) is 6.03. The highest BCUT2D eigenvalue weighted by atomic mass is 16.5. The molecule has 3 fully saturated rings. The summed E-state index contributed by atoms with van der Waals surface area (Å²) in [4.78, 5) is 14.4. The Morgan fingerprint density at radius 2 is 2.09 bits per heavy atom. The number of aliphatic hydroxyl groups is 1. The number of rotatable bonds is 2. The lowest BCUT2D eigenvalue weighted by atomic mass is 9.80. The highest BCUT2D eigenvalue weighted by Crippen LogP contribution is 2.38. The molecule has 5 heteroatoms. The average molecular weight is 310 g/mol. The van der Waals surface area contributed by atoms with Gasteiger partial charge < -0.3 is 20.1 Å². The number of ether oxygens (including phenoxy) is 1. The van der Waals surface area contributed by atoms with Crippen LogP contribution in [0.5, 0.6) is 0 Å². The van der Waals surface area contributed by atoms with E-state index in [2.05, 4.69) is 5.32 Å². The summed E-state index contributed by atoms with van der Waals surface area (Å²) in [5, 5.41) is 13.5. The SMILES string of the molecule is CCC1(O)CCC(NC(=O)N2CCC3(CCCOC3)C2)CC1. The smallest absolute Gasteiger partial charge is 0.317 e. The van der Waals surface area contributed by atoms with Crippen LogP contribution in [-0.2, 0) is 4.74 Å². The summed E-state index contributed by atoms with van der Waals surface area (Å²) in [6.45, 7) is 5.40. The van der Waals surface area contributed by atoms with Gasteiger partial charge in [0.2, 0.25) is 0 Å².